The number of hydrogen-bond donors (Lipinski definition) is 1. The van der Waals surface area contributed by atoms with E-state index in [4.69, 9.17) is 4.74 Å². The number of hydrogen-bond acceptors (Lipinski definition) is 3. The first-order chi connectivity index (χ1) is 13.0. The summed E-state index contributed by atoms with van der Waals surface area (Å²) in [4.78, 5) is 16.7. The minimum absolute atomic E-state index is 0.200. The highest BCUT2D eigenvalue weighted by Crippen LogP contribution is 2.25. The summed E-state index contributed by atoms with van der Waals surface area (Å²) < 4.78 is 33.6. The molecule has 3 rings (SSSR count). The molecule has 1 atom stereocenters. The van der Waals surface area contributed by atoms with E-state index in [2.05, 4.69) is 10.3 Å². The van der Waals surface area contributed by atoms with Crippen molar-refractivity contribution in [2.45, 2.75) is 13.0 Å². The SMILES string of the molecule is COc1ccc([C@@H](NC(=O)c2c(F)ccc(C)c2F)c2ccncc2)cc1. The number of nitrogens with one attached hydrogen (secondary N) is 1. The van der Waals surface area contributed by atoms with Gasteiger partial charge in [0.05, 0.1) is 13.2 Å². The summed E-state index contributed by atoms with van der Waals surface area (Å²) in [6.07, 6.45) is 3.18. The number of amides is 1. The van der Waals surface area contributed by atoms with Gasteiger partial charge < -0.3 is 10.1 Å². The van der Waals surface area contributed by atoms with Crippen LogP contribution in [0.5, 0.6) is 5.75 Å². The van der Waals surface area contributed by atoms with Crippen molar-refractivity contribution >= 4 is 5.91 Å². The first-order valence-corrected chi connectivity index (χ1v) is 8.30. The number of benzene rings is 2. The maximum atomic E-state index is 14.3. The number of carbonyl (C=O) groups excluding carboxylic acids is 1. The van der Waals surface area contributed by atoms with Crippen LogP contribution in [0, 0.1) is 18.6 Å². The van der Waals surface area contributed by atoms with Crippen LogP contribution in [0.1, 0.15) is 33.1 Å². The van der Waals surface area contributed by atoms with Crippen molar-refractivity contribution in [2.24, 2.45) is 0 Å². The number of carbonyl (C=O) groups is 1. The van der Waals surface area contributed by atoms with Crippen LogP contribution in [-0.2, 0) is 0 Å². The van der Waals surface area contributed by atoms with Crippen LogP contribution in [-0.4, -0.2) is 18.0 Å². The second-order valence-corrected chi connectivity index (χ2v) is 6.01. The highest BCUT2D eigenvalue weighted by atomic mass is 19.1. The number of nitrogens with zero attached hydrogens (tertiary/aromatic N) is 1. The molecular weight excluding hydrogens is 350 g/mol. The molecule has 0 unspecified atom stereocenters. The van der Waals surface area contributed by atoms with Gasteiger partial charge in [-0.1, -0.05) is 18.2 Å². The quantitative estimate of drug-likeness (QED) is 0.734. The molecule has 0 spiro atoms. The number of methoxy groups -OCH3 is 1. The lowest BCUT2D eigenvalue weighted by molar-refractivity contribution is 0.0934. The number of rotatable bonds is 5. The van der Waals surface area contributed by atoms with Gasteiger partial charge in [-0.2, -0.15) is 0 Å². The summed E-state index contributed by atoms with van der Waals surface area (Å²) in [7, 11) is 1.56. The normalized spacial score (nSPS) is 11.7. The zero-order chi connectivity index (χ0) is 19.4. The Hall–Kier alpha value is -3.28. The average molecular weight is 368 g/mol. The van der Waals surface area contributed by atoms with Gasteiger partial charge in [-0.3, -0.25) is 9.78 Å². The van der Waals surface area contributed by atoms with Crippen molar-refractivity contribution in [1.82, 2.24) is 10.3 Å². The predicted octanol–water partition coefficient (Wildman–Crippen LogP) is 4.20. The van der Waals surface area contributed by atoms with Crippen LogP contribution in [0.4, 0.5) is 8.78 Å². The van der Waals surface area contributed by atoms with Gasteiger partial charge in [0.2, 0.25) is 0 Å². The largest absolute Gasteiger partial charge is 0.497 e. The molecule has 27 heavy (non-hydrogen) atoms. The van der Waals surface area contributed by atoms with Gasteiger partial charge in [0.1, 0.15) is 22.9 Å². The molecule has 0 fully saturated rings. The van der Waals surface area contributed by atoms with Crippen molar-refractivity contribution in [2.75, 3.05) is 7.11 Å². The third kappa shape index (κ3) is 3.95. The highest BCUT2D eigenvalue weighted by Gasteiger charge is 2.23. The zero-order valence-corrected chi connectivity index (χ0v) is 14.9. The fourth-order valence-corrected chi connectivity index (χ4v) is 2.78. The van der Waals surface area contributed by atoms with Crippen molar-refractivity contribution < 1.29 is 18.3 Å². The Kier molecular flexibility index (Phi) is 5.45. The minimum atomic E-state index is -0.904. The maximum absolute atomic E-state index is 14.3. The van der Waals surface area contributed by atoms with E-state index >= 15 is 0 Å². The van der Waals surface area contributed by atoms with E-state index in [-0.39, 0.29) is 5.56 Å². The molecule has 3 aromatic rings. The molecule has 0 saturated heterocycles. The fraction of sp³-hybridized carbons (Fsp3) is 0.143. The number of ether oxygens (including phenoxy) is 1. The minimum Gasteiger partial charge on any atom is -0.497 e. The first-order valence-electron chi connectivity index (χ1n) is 8.30. The van der Waals surface area contributed by atoms with Crippen LogP contribution in [0.25, 0.3) is 0 Å². The van der Waals surface area contributed by atoms with E-state index in [9.17, 15) is 13.6 Å². The van der Waals surface area contributed by atoms with Crippen molar-refractivity contribution in [3.63, 3.8) is 0 Å². The van der Waals surface area contributed by atoms with Crippen LogP contribution in [0.2, 0.25) is 0 Å². The van der Waals surface area contributed by atoms with E-state index < -0.39 is 29.1 Å². The average Bonchev–Trinajstić information content (AvgIpc) is 2.70. The van der Waals surface area contributed by atoms with E-state index in [0.717, 1.165) is 17.2 Å². The third-order valence-electron chi connectivity index (χ3n) is 4.28. The van der Waals surface area contributed by atoms with Crippen molar-refractivity contribution in [3.05, 3.63) is 94.8 Å². The molecule has 0 aliphatic rings. The maximum Gasteiger partial charge on any atom is 0.258 e. The molecule has 138 valence electrons. The van der Waals surface area contributed by atoms with Crippen molar-refractivity contribution in [3.8, 4) is 5.75 Å². The number of halogens is 2. The molecule has 1 aromatic heterocycles. The van der Waals surface area contributed by atoms with E-state index in [0.29, 0.717) is 5.75 Å². The molecule has 0 bridgehead atoms. The number of aromatic nitrogens is 1. The molecule has 1 amide bonds. The summed E-state index contributed by atoms with van der Waals surface area (Å²) in [5.74, 6) is -1.94. The Labute approximate surface area is 155 Å². The molecule has 0 radical (unpaired) electrons. The van der Waals surface area contributed by atoms with E-state index in [1.807, 2.05) is 0 Å². The van der Waals surface area contributed by atoms with Gasteiger partial charge in [-0.15, -0.1) is 0 Å². The smallest absolute Gasteiger partial charge is 0.258 e. The van der Waals surface area contributed by atoms with Crippen LogP contribution in [0.15, 0.2) is 60.9 Å². The standard InChI is InChI=1S/C21H18F2N2O2/c1-13-3-8-17(22)18(19(13)23)21(26)25-20(15-9-11-24-12-10-15)14-4-6-16(27-2)7-5-14/h3-12,20H,1-2H3,(H,25,26)/t20-/m1/s1. The molecule has 0 saturated carbocycles. The monoisotopic (exact) mass is 368 g/mol. The third-order valence-corrected chi connectivity index (χ3v) is 4.28. The Morgan fingerprint density at radius 2 is 1.63 bits per heavy atom. The fourth-order valence-electron chi connectivity index (χ4n) is 2.78. The first kappa shape index (κ1) is 18.5. The second-order valence-electron chi connectivity index (χ2n) is 6.01. The van der Waals surface area contributed by atoms with Crippen LogP contribution >= 0.6 is 0 Å². The topological polar surface area (TPSA) is 51.2 Å². The highest BCUT2D eigenvalue weighted by molar-refractivity contribution is 5.95. The van der Waals surface area contributed by atoms with Gasteiger partial charge in [0.25, 0.3) is 5.91 Å². The molecule has 4 nitrogen and oxygen atoms in total. The zero-order valence-electron chi connectivity index (χ0n) is 14.9. The predicted molar refractivity (Wildman–Crippen MR) is 97.6 cm³/mol. The number of pyridine rings is 1. The Balaban J connectivity index is 1.99. The Bertz CT molecular complexity index is 944. The summed E-state index contributed by atoms with van der Waals surface area (Å²) in [5.41, 5.74) is 1.08. The van der Waals surface area contributed by atoms with Crippen LogP contribution < -0.4 is 10.1 Å². The summed E-state index contributed by atoms with van der Waals surface area (Å²) in [6, 6.07) is 12.3. The number of aryl methyl sites for hydroxylation is 1. The lowest BCUT2D eigenvalue weighted by atomic mass is 9.98. The van der Waals surface area contributed by atoms with Gasteiger partial charge >= 0.3 is 0 Å². The summed E-state index contributed by atoms with van der Waals surface area (Å²) in [6.45, 7) is 1.48. The lowest BCUT2D eigenvalue weighted by Gasteiger charge is -2.20. The molecule has 1 heterocycles. The summed E-state index contributed by atoms with van der Waals surface area (Å²) in [5, 5.41) is 2.72. The Morgan fingerprint density at radius 1 is 1.00 bits per heavy atom. The summed E-state index contributed by atoms with van der Waals surface area (Å²) >= 11 is 0. The van der Waals surface area contributed by atoms with Crippen molar-refractivity contribution in [1.29, 1.82) is 0 Å². The van der Waals surface area contributed by atoms with E-state index in [1.54, 1.807) is 55.9 Å². The molecular formula is C21H18F2N2O2. The van der Waals surface area contributed by atoms with E-state index in [1.165, 1.54) is 13.0 Å². The van der Waals surface area contributed by atoms with Gasteiger partial charge in [0, 0.05) is 12.4 Å². The van der Waals surface area contributed by atoms with Gasteiger partial charge in [-0.25, -0.2) is 8.78 Å². The second kappa shape index (κ2) is 7.95. The Morgan fingerprint density at radius 3 is 2.26 bits per heavy atom. The van der Waals surface area contributed by atoms with Gasteiger partial charge in [-0.05, 0) is 53.9 Å². The molecule has 0 aliphatic heterocycles. The molecule has 0 aliphatic carbocycles. The lowest BCUT2D eigenvalue weighted by Crippen LogP contribution is -2.31. The van der Waals surface area contributed by atoms with Gasteiger partial charge in [0.15, 0.2) is 0 Å². The molecule has 1 N–H and O–H groups in total. The van der Waals surface area contributed by atoms with Crippen LogP contribution in [0.3, 0.4) is 0 Å². The molecule has 2 aromatic carbocycles. The molecule has 6 heteroatoms.